The van der Waals surface area contributed by atoms with Gasteiger partial charge in [0.15, 0.2) is 0 Å². The van der Waals surface area contributed by atoms with Crippen molar-refractivity contribution >= 4 is 22.9 Å². The number of nitrogens with zero attached hydrogens (tertiary/aromatic N) is 2. The second-order valence-electron chi connectivity index (χ2n) is 4.68. The van der Waals surface area contributed by atoms with Crippen molar-refractivity contribution in [3.05, 3.63) is 52.5 Å². The van der Waals surface area contributed by atoms with Crippen LogP contribution in [0.4, 0.5) is 10.1 Å². The molecule has 5 nitrogen and oxygen atoms in total. The summed E-state index contributed by atoms with van der Waals surface area (Å²) in [6.45, 7) is 3.59. The van der Waals surface area contributed by atoms with E-state index in [2.05, 4.69) is 15.5 Å². The van der Waals surface area contributed by atoms with Gasteiger partial charge in [-0.25, -0.2) is 4.39 Å². The van der Waals surface area contributed by atoms with Crippen molar-refractivity contribution in [2.24, 2.45) is 0 Å². The predicted octanol–water partition coefficient (Wildman–Crippen LogP) is 3.81. The third-order valence-electron chi connectivity index (χ3n) is 3.00. The lowest BCUT2D eigenvalue weighted by molar-refractivity contribution is 0.102. The lowest BCUT2D eigenvalue weighted by Gasteiger charge is -2.04. The van der Waals surface area contributed by atoms with Crippen LogP contribution in [0.5, 0.6) is 0 Å². The first-order chi connectivity index (χ1) is 10.5. The van der Waals surface area contributed by atoms with Gasteiger partial charge in [-0.15, -0.1) is 11.3 Å². The van der Waals surface area contributed by atoms with E-state index in [-0.39, 0.29) is 11.5 Å². The smallest absolute Gasteiger partial charge is 0.255 e. The van der Waals surface area contributed by atoms with Crippen LogP contribution in [-0.4, -0.2) is 16.0 Å². The van der Waals surface area contributed by atoms with E-state index < -0.39 is 5.82 Å². The quantitative estimate of drug-likeness (QED) is 0.797. The van der Waals surface area contributed by atoms with Crippen LogP contribution in [0.15, 0.2) is 34.9 Å². The molecule has 0 radical (unpaired) electrons. The first kappa shape index (κ1) is 14.4. The summed E-state index contributed by atoms with van der Waals surface area (Å²) < 4.78 is 18.1. The Bertz CT molecular complexity index is 841. The molecule has 1 amide bonds. The molecule has 2 aromatic heterocycles. The Labute approximate surface area is 129 Å². The normalized spacial score (nSPS) is 10.7. The zero-order valence-electron chi connectivity index (χ0n) is 11.9. The number of benzene rings is 1. The number of rotatable bonds is 3. The van der Waals surface area contributed by atoms with Crippen LogP contribution in [0.1, 0.15) is 21.1 Å². The van der Waals surface area contributed by atoms with Gasteiger partial charge in [0.25, 0.3) is 5.91 Å². The third kappa shape index (κ3) is 2.89. The second kappa shape index (κ2) is 5.69. The molecule has 3 aromatic rings. The molecule has 0 bridgehead atoms. The number of halogens is 1. The molecule has 0 fully saturated rings. The fourth-order valence-electron chi connectivity index (χ4n) is 1.94. The molecule has 0 unspecified atom stereocenters. The highest BCUT2D eigenvalue weighted by atomic mass is 32.1. The maximum atomic E-state index is 13.2. The molecule has 1 aromatic carbocycles. The van der Waals surface area contributed by atoms with Crippen LogP contribution in [0.25, 0.3) is 10.7 Å². The number of aryl methyl sites for hydroxylation is 2. The largest absolute Gasteiger partial charge is 0.339 e. The van der Waals surface area contributed by atoms with Crippen LogP contribution < -0.4 is 5.32 Å². The average Bonchev–Trinajstić information content (AvgIpc) is 3.06. The van der Waals surface area contributed by atoms with Gasteiger partial charge in [0.1, 0.15) is 5.82 Å². The van der Waals surface area contributed by atoms with Crippen LogP contribution in [0.3, 0.4) is 0 Å². The van der Waals surface area contributed by atoms with E-state index >= 15 is 0 Å². The van der Waals surface area contributed by atoms with Crippen molar-refractivity contribution in [1.29, 1.82) is 0 Å². The number of nitrogens with one attached hydrogen (secondary N) is 1. The minimum absolute atomic E-state index is 0.266. The number of carbonyl (C=O) groups excluding carboxylic acids is 1. The highest BCUT2D eigenvalue weighted by molar-refractivity contribution is 7.16. The third-order valence-corrected chi connectivity index (χ3v) is 4.05. The van der Waals surface area contributed by atoms with Crippen LogP contribution >= 0.6 is 11.3 Å². The molecule has 112 valence electrons. The zero-order chi connectivity index (χ0) is 15.7. The summed E-state index contributed by atoms with van der Waals surface area (Å²) in [5, 5.41) is 6.62. The van der Waals surface area contributed by atoms with Gasteiger partial charge in [0, 0.05) is 17.4 Å². The fourth-order valence-corrected chi connectivity index (χ4v) is 2.84. The lowest BCUT2D eigenvalue weighted by atomic mass is 10.2. The Kier molecular flexibility index (Phi) is 3.72. The van der Waals surface area contributed by atoms with Gasteiger partial charge in [-0.05, 0) is 31.2 Å². The monoisotopic (exact) mass is 317 g/mol. The average molecular weight is 317 g/mol. The van der Waals surface area contributed by atoms with E-state index in [9.17, 15) is 9.18 Å². The van der Waals surface area contributed by atoms with E-state index in [1.54, 1.807) is 19.1 Å². The van der Waals surface area contributed by atoms with Crippen molar-refractivity contribution < 1.29 is 13.7 Å². The summed E-state index contributed by atoms with van der Waals surface area (Å²) in [6.07, 6.45) is 0. The molecule has 7 heteroatoms. The molecule has 0 saturated heterocycles. The number of amides is 1. The second-order valence-corrected chi connectivity index (χ2v) is 5.94. The van der Waals surface area contributed by atoms with E-state index in [1.165, 1.54) is 29.5 Å². The van der Waals surface area contributed by atoms with Gasteiger partial charge in [-0.2, -0.15) is 4.98 Å². The van der Waals surface area contributed by atoms with Gasteiger partial charge < -0.3 is 9.84 Å². The maximum absolute atomic E-state index is 13.2. The van der Waals surface area contributed by atoms with Crippen molar-refractivity contribution in [3.8, 4) is 10.7 Å². The van der Waals surface area contributed by atoms with Gasteiger partial charge in [0.05, 0.1) is 10.6 Å². The van der Waals surface area contributed by atoms with Crippen LogP contribution in [0, 0.1) is 19.7 Å². The first-order valence-electron chi connectivity index (χ1n) is 6.51. The predicted molar refractivity (Wildman–Crippen MR) is 81.4 cm³/mol. The van der Waals surface area contributed by atoms with Gasteiger partial charge in [0.2, 0.25) is 11.7 Å². The van der Waals surface area contributed by atoms with Gasteiger partial charge >= 0.3 is 0 Å². The highest BCUT2D eigenvalue weighted by Crippen LogP contribution is 2.32. The van der Waals surface area contributed by atoms with Gasteiger partial charge in [-0.3, -0.25) is 4.79 Å². The Morgan fingerprint density at radius 3 is 2.82 bits per heavy atom. The first-order valence-corrected chi connectivity index (χ1v) is 7.32. The standard InChI is InChI=1S/C15H12FN3O2S/c1-8-12(7-13(22-8)14-17-9(2)21-19-14)18-15(20)10-4-3-5-11(16)6-10/h3-7H,1-2H3,(H,18,20). The fraction of sp³-hybridized carbons (Fsp3) is 0.133. The highest BCUT2D eigenvalue weighted by Gasteiger charge is 2.15. The summed E-state index contributed by atoms with van der Waals surface area (Å²) in [4.78, 5) is 18.0. The molecule has 0 aliphatic rings. The molecule has 0 aliphatic heterocycles. The van der Waals surface area contributed by atoms with Crippen LogP contribution in [0.2, 0.25) is 0 Å². The molecule has 0 spiro atoms. The maximum Gasteiger partial charge on any atom is 0.255 e. The molecule has 0 atom stereocenters. The molecule has 1 N–H and O–H groups in total. The SMILES string of the molecule is Cc1nc(-c2cc(NC(=O)c3cccc(F)c3)c(C)s2)no1. The van der Waals surface area contributed by atoms with Crippen molar-refractivity contribution in [2.45, 2.75) is 13.8 Å². The summed E-state index contributed by atoms with van der Waals surface area (Å²) in [5.41, 5.74) is 0.916. The van der Waals surface area contributed by atoms with E-state index in [0.29, 0.717) is 17.4 Å². The van der Waals surface area contributed by atoms with Crippen molar-refractivity contribution in [3.63, 3.8) is 0 Å². The Morgan fingerprint density at radius 2 is 2.14 bits per heavy atom. The summed E-state index contributed by atoms with van der Waals surface area (Å²) in [6, 6.07) is 7.33. The van der Waals surface area contributed by atoms with E-state index in [0.717, 1.165) is 9.75 Å². The summed E-state index contributed by atoms with van der Waals surface area (Å²) in [7, 11) is 0. The Hall–Kier alpha value is -2.54. The number of thiophene rings is 1. The molecule has 22 heavy (non-hydrogen) atoms. The lowest BCUT2D eigenvalue weighted by Crippen LogP contribution is -2.12. The van der Waals surface area contributed by atoms with E-state index in [1.807, 2.05) is 6.92 Å². The number of hydrogen-bond acceptors (Lipinski definition) is 5. The molecular formula is C15H12FN3O2S. The number of carbonyl (C=O) groups is 1. The molecule has 3 rings (SSSR count). The molecule has 0 saturated carbocycles. The minimum atomic E-state index is -0.447. The molecule has 0 aliphatic carbocycles. The van der Waals surface area contributed by atoms with E-state index in [4.69, 9.17) is 4.52 Å². The van der Waals surface area contributed by atoms with Crippen molar-refractivity contribution in [2.75, 3.05) is 5.32 Å². The van der Waals surface area contributed by atoms with Crippen LogP contribution in [-0.2, 0) is 0 Å². The Morgan fingerprint density at radius 1 is 1.32 bits per heavy atom. The molecular weight excluding hydrogens is 305 g/mol. The van der Waals surface area contributed by atoms with Crippen molar-refractivity contribution in [1.82, 2.24) is 10.1 Å². The topological polar surface area (TPSA) is 68.0 Å². The minimum Gasteiger partial charge on any atom is -0.339 e. The van der Waals surface area contributed by atoms with Gasteiger partial charge in [-0.1, -0.05) is 11.2 Å². The summed E-state index contributed by atoms with van der Waals surface area (Å²) in [5.74, 6) is 0.150. The number of aromatic nitrogens is 2. The Balaban J connectivity index is 1.84. The number of anilines is 1. The zero-order valence-corrected chi connectivity index (χ0v) is 12.7. The number of hydrogen-bond donors (Lipinski definition) is 1. The summed E-state index contributed by atoms with van der Waals surface area (Å²) >= 11 is 1.45. The molecule has 2 heterocycles.